The number of imide groups is 1. The Bertz CT molecular complexity index is 1090. The molecule has 0 aromatic heterocycles. The monoisotopic (exact) mass is 484 g/mol. The summed E-state index contributed by atoms with van der Waals surface area (Å²) in [5.74, 6) is -0.0594. The summed E-state index contributed by atoms with van der Waals surface area (Å²) in [5, 5.41) is 12.9. The molecule has 4 rings (SSSR count). The summed E-state index contributed by atoms with van der Waals surface area (Å²) in [6.07, 6.45) is 0.533. The number of amides is 3. The van der Waals surface area contributed by atoms with Crippen LogP contribution in [0.4, 0.5) is 0 Å². The van der Waals surface area contributed by atoms with E-state index in [0.29, 0.717) is 23.9 Å². The number of nitrogens with one attached hydrogen (secondary N) is 1. The minimum atomic E-state index is -1.02. The third-order valence-electron chi connectivity index (χ3n) is 5.94. The smallest absolute Gasteiger partial charge is 0.261 e. The molecule has 1 fully saturated rings. The molecular formula is C25H28N2O8. The Kier molecular flexibility index (Phi) is 7.52. The highest BCUT2D eigenvalue weighted by Gasteiger charge is 2.38. The molecule has 0 bridgehead atoms. The van der Waals surface area contributed by atoms with Gasteiger partial charge < -0.3 is 29.4 Å². The van der Waals surface area contributed by atoms with Gasteiger partial charge in [0.25, 0.3) is 17.7 Å². The van der Waals surface area contributed by atoms with Crippen LogP contribution in [0.1, 0.15) is 43.9 Å². The van der Waals surface area contributed by atoms with Gasteiger partial charge in [0.15, 0.2) is 11.5 Å². The number of hydrogen-bond acceptors (Lipinski definition) is 8. The molecule has 2 aromatic rings. The SMILES string of the molecule is COc1cccc(OC)c1OCC(O)CNC(=O)c1ccc2c(c1)C(=O)N(CC1CCCO1)C2=O. The van der Waals surface area contributed by atoms with Crippen LogP contribution < -0.4 is 19.5 Å². The summed E-state index contributed by atoms with van der Waals surface area (Å²) in [6, 6.07) is 9.52. The lowest BCUT2D eigenvalue weighted by Gasteiger charge is -2.17. The van der Waals surface area contributed by atoms with E-state index >= 15 is 0 Å². The number of hydrogen-bond donors (Lipinski definition) is 2. The molecule has 0 radical (unpaired) electrons. The molecule has 2 atom stereocenters. The van der Waals surface area contributed by atoms with Gasteiger partial charge in [0, 0.05) is 18.7 Å². The normalized spacial score (nSPS) is 17.8. The molecule has 10 heteroatoms. The average Bonchev–Trinajstić information content (AvgIpc) is 3.48. The zero-order chi connectivity index (χ0) is 24.9. The predicted octanol–water partition coefficient (Wildman–Crippen LogP) is 1.65. The van der Waals surface area contributed by atoms with Gasteiger partial charge in [-0.2, -0.15) is 0 Å². The van der Waals surface area contributed by atoms with Crippen molar-refractivity contribution in [2.75, 3.05) is 40.5 Å². The second kappa shape index (κ2) is 10.7. The Morgan fingerprint density at radius 1 is 1.14 bits per heavy atom. The standard InChI is InChI=1S/C25H28N2O8/c1-32-20-6-3-7-21(33-2)22(20)35-14-16(28)12-26-23(29)15-8-9-18-19(11-15)25(31)27(24(18)30)13-17-5-4-10-34-17/h3,6-9,11,16-17,28H,4-5,10,12-14H2,1-2H3,(H,26,29). The van der Waals surface area contributed by atoms with Crippen LogP contribution in [0.3, 0.4) is 0 Å². The Hall–Kier alpha value is -3.63. The quantitative estimate of drug-likeness (QED) is 0.488. The third kappa shape index (κ3) is 5.23. The van der Waals surface area contributed by atoms with Gasteiger partial charge in [0.2, 0.25) is 5.75 Å². The number of rotatable bonds is 10. The van der Waals surface area contributed by atoms with E-state index in [2.05, 4.69) is 5.32 Å². The van der Waals surface area contributed by atoms with E-state index in [9.17, 15) is 19.5 Å². The van der Waals surface area contributed by atoms with Gasteiger partial charge in [-0.15, -0.1) is 0 Å². The molecule has 35 heavy (non-hydrogen) atoms. The average molecular weight is 485 g/mol. The molecule has 2 N–H and O–H groups in total. The summed E-state index contributed by atoms with van der Waals surface area (Å²) >= 11 is 0. The molecule has 10 nitrogen and oxygen atoms in total. The molecule has 2 aliphatic rings. The van der Waals surface area contributed by atoms with Gasteiger partial charge >= 0.3 is 0 Å². The molecule has 2 unspecified atom stereocenters. The fourth-order valence-electron chi connectivity index (χ4n) is 4.10. The molecular weight excluding hydrogens is 456 g/mol. The summed E-state index contributed by atoms with van der Waals surface area (Å²) in [7, 11) is 2.99. The van der Waals surface area contributed by atoms with Crippen molar-refractivity contribution in [2.24, 2.45) is 0 Å². The van der Waals surface area contributed by atoms with Crippen molar-refractivity contribution in [2.45, 2.75) is 25.0 Å². The zero-order valence-electron chi connectivity index (χ0n) is 19.6. The molecule has 3 amide bonds. The number of aliphatic hydroxyl groups excluding tert-OH is 1. The van der Waals surface area contributed by atoms with E-state index in [4.69, 9.17) is 18.9 Å². The fourth-order valence-corrected chi connectivity index (χ4v) is 4.10. The van der Waals surface area contributed by atoms with Crippen molar-refractivity contribution in [1.82, 2.24) is 10.2 Å². The molecule has 0 aliphatic carbocycles. The second-order valence-corrected chi connectivity index (χ2v) is 8.28. The molecule has 186 valence electrons. The lowest BCUT2D eigenvalue weighted by Crippen LogP contribution is -2.36. The highest BCUT2D eigenvalue weighted by atomic mass is 16.5. The number of aliphatic hydroxyl groups is 1. The first-order chi connectivity index (χ1) is 16.9. The van der Waals surface area contributed by atoms with Gasteiger partial charge in [-0.1, -0.05) is 6.07 Å². The van der Waals surface area contributed by atoms with Crippen LogP contribution in [-0.2, 0) is 4.74 Å². The number of nitrogens with zero attached hydrogens (tertiary/aromatic N) is 1. The Morgan fingerprint density at radius 3 is 2.51 bits per heavy atom. The molecule has 2 aliphatic heterocycles. The van der Waals surface area contributed by atoms with Gasteiger partial charge in [0.05, 0.1) is 38.0 Å². The Balaban J connectivity index is 1.34. The van der Waals surface area contributed by atoms with Crippen molar-refractivity contribution in [3.05, 3.63) is 53.1 Å². The number of fused-ring (bicyclic) bond motifs is 1. The van der Waals surface area contributed by atoms with E-state index in [1.54, 1.807) is 18.2 Å². The van der Waals surface area contributed by atoms with Crippen LogP contribution >= 0.6 is 0 Å². The van der Waals surface area contributed by atoms with E-state index in [-0.39, 0.29) is 48.4 Å². The van der Waals surface area contributed by atoms with Crippen LogP contribution in [0.2, 0.25) is 0 Å². The summed E-state index contributed by atoms with van der Waals surface area (Å²) in [4.78, 5) is 39.3. The maximum atomic E-state index is 12.8. The highest BCUT2D eigenvalue weighted by Crippen LogP contribution is 2.36. The first-order valence-electron chi connectivity index (χ1n) is 11.3. The number of ether oxygens (including phenoxy) is 4. The minimum Gasteiger partial charge on any atom is -0.493 e. The largest absolute Gasteiger partial charge is 0.493 e. The molecule has 0 saturated carbocycles. The van der Waals surface area contributed by atoms with Crippen molar-refractivity contribution >= 4 is 17.7 Å². The van der Waals surface area contributed by atoms with Gasteiger partial charge in [-0.25, -0.2) is 0 Å². The lowest BCUT2D eigenvalue weighted by molar-refractivity contribution is 0.0475. The van der Waals surface area contributed by atoms with E-state index < -0.39 is 17.9 Å². The number of para-hydroxylation sites is 1. The van der Waals surface area contributed by atoms with Gasteiger partial charge in [0.1, 0.15) is 12.7 Å². The third-order valence-corrected chi connectivity index (χ3v) is 5.94. The van der Waals surface area contributed by atoms with E-state index in [0.717, 1.165) is 12.8 Å². The van der Waals surface area contributed by atoms with Gasteiger partial charge in [-0.3, -0.25) is 19.3 Å². The maximum absolute atomic E-state index is 12.8. The maximum Gasteiger partial charge on any atom is 0.261 e. The lowest BCUT2D eigenvalue weighted by atomic mass is 10.1. The van der Waals surface area contributed by atoms with Crippen molar-refractivity contribution in [3.63, 3.8) is 0 Å². The Labute approximate surface area is 202 Å². The summed E-state index contributed by atoms with van der Waals surface area (Å²) < 4.78 is 21.7. The van der Waals surface area contributed by atoms with E-state index in [1.807, 2.05) is 0 Å². The van der Waals surface area contributed by atoms with Crippen LogP contribution in [0, 0.1) is 0 Å². The number of benzene rings is 2. The summed E-state index contributed by atoms with van der Waals surface area (Å²) in [6.45, 7) is 0.621. The van der Waals surface area contributed by atoms with Crippen LogP contribution in [0.25, 0.3) is 0 Å². The molecule has 0 spiro atoms. The van der Waals surface area contributed by atoms with Crippen molar-refractivity contribution in [3.8, 4) is 17.2 Å². The summed E-state index contributed by atoms with van der Waals surface area (Å²) in [5.41, 5.74) is 0.667. The zero-order valence-corrected chi connectivity index (χ0v) is 19.6. The van der Waals surface area contributed by atoms with Crippen molar-refractivity contribution in [1.29, 1.82) is 0 Å². The number of carbonyl (C=O) groups excluding carboxylic acids is 3. The molecule has 1 saturated heterocycles. The van der Waals surface area contributed by atoms with Gasteiger partial charge in [-0.05, 0) is 43.2 Å². The Morgan fingerprint density at radius 2 is 1.86 bits per heavy atom. The number of methoxy groups -OCH3 is 2. The second-order valence-electron chi connectivity index (χ2n) is 8.28. The van der Waals surface area contributed by atoms with Crippen LogP contribution in [-0.4, -0.2) is 80.5 Å². The predicted molar refractivity (Wildman–Crippen MR) is 124 cm³/mol. The minimum absolute atomic E-state index is 0.0919. The van der Waals surface area contributed by atoms with Crippen LogP contribution in [0.15, 0.2) is 36.4 Å². The van der Waals surface area contributed by atoms with Crippen molar-refractivity contribution < 1.29 is 38.4 Å². The highest BCUT2D eigenvalue weighted by molar-refractivity contribution is 6.22. The topological polar surface area (TPSA) is 124 Å². The van der Waals surface area contributed by atoms with E-state index in [1.165, 1.54) is 37.3 Å². The first-order valence-corrected chi connectivity index (χ1v) is 11.3. The molecule has 2 aromatic carbocycles. The molecule has 2 heterocycles. The fraction of sp³-hybridized carbons (Fsp3) is 0.400. The van der Waals surface area contributed by atoms with Crippen LogP contribution in [0.5, 0.6) is 17.2 Å². The number of carbonyl (C=O) groups is 3. The first kappa shape index (κ1) is 24.5.